The molecule has 0 radical (unpaired) electrons. The Kier molecular flexibility index (Phi) is 7.35. The van der Waals surface area contributed by atoms with Gasteiger partial charge in [-0.2, -0.15) is 0 Å². The van der Waals surface area contributed by atoms with E-state index in [4.69, 9.17) is 9.47 Å². The van der Waals surface area contributed by atoms with Crippen LogP contribution in [0.15, 0.2) is 48.5 Å². The Morgan fingerprint density at radius 1 is 1.06 bits per heavy atom. The van der Waals surface area contributed by atoms with Crippen molar-refractivity contribution in [3.8, 4) is 0 Å². The summed E-state index contributed by atoms with van der Waals surface area (Å²) in [7, 11) is 0. The number of nitrogens with zero attached hydrogens (tertiary/aromatic N) is 2. The van der Waals surface area contributed by atoms with Gasteiger partial charge in [-0.15, -0.1) is 0 Å². The summed E-state index contributed by atoms with van der Waals surface area (Å²) in [6.07, 6.45) is -0.0800. The van der Waals surface area contributed by atoms with Gasteiger partial charge in [-0.25, -0.2) is 9.18 Å². The van der Waals surface area contributed by atoms with Gasteiger partial charge in [0.15, 0.2) is 0 Å². The zero-order valence-electron chi connectivity index (χ0n) is 17.6. The molecule has 2 N–H and O–H groups in total. The molecule has 166 valence electrons. The minimum Gasteiger partial charge on any atom is -0.378 e. The van der Waals surface area contributed by atoms with E-state index in [0.717, 1.165) is 19.6 Å². The Morgan fingerprint density at radius 2 is 1.87 bits per heavy atom. The second-order valence-electron chi connectivity index (χ2n) is 7.81. The van der Waals surface area contributed by atoms with Gasteiger partial charge in [-0.05, 0) is 23.8 Å². The molecular formula is C23H29FN4O3. The number of anilines is 2. The highest BCUT2D eigenvalue weighted by Gasteiger charge is 2.21. The molecule has 2 heterocycles. The SMILES string of the molecule is O=C(NCC1CN(Cc2ccccc2)CCO1)Nc1ccc(N2CCOCC2)c(F)c1. The maximum absolute atomic E-state index is 14.5. The number of carbonyl (C=O) groups is 1. The van der Waals surface area contributed by atoms with Gasteiger partial charge in [0.25, 0.3) is 0 Å². The van der Waals surface area contributed by atoms with Crippen molar-refractivity contribution in [2.45, 2.75) is 12.6 Å². The van der Waals surface area contributed by atoms with Crippen LogP contribution in [0.5, 0.6) is 0 Å². The second-order valence-corrected chi connectivity index (χ2v) is 7.81. The molecule has 4 rings (SSSR count). The summed E-state index contributed by atoms with van der Waals surface area (Å²) in [5, 5.41) is 5.53. The molecule has 2 aromatic carbocycles. The molecule has 7 nitrogen and oxygen atoms in total. The van der Waals surface area contributed by atoms with E-state index in [1.165, 1.54) is 11.6 Å². The summed E-state index contributed by atoms with van der Waals surface area (Å²) in [6.45, 7) is 6.01. The van der Waals surface area contributed by atoms with E-state index in [2.05, 4.69) is 27.7 Å². The lowest BCUT2D eigenvalue weighted by Crippen LogP contribution is -2.47. The highest BCUT2D eigenvalue weighted by atomic mass is 19.1. The second kappa shape index (κ2) is 10.6. The fraction of sp³-hybridized carbons (Fsp3) is 0.435. The van der Waals surface area contributed by atoms with Gasteiger partial charge in [0.1, 0.15) is 5.82 Å². The van der Waals surface area contributed by atoms with Crippen LogP contribution in [-0.4, -0.2) is 69.6 Å². The quantitative estimate of drug-likeness (QED) is 0.741. The molecule has 2 aromatic rings. The number of carbonyl (C=O) groups excluding carboxylic acids is 1. The summed E-state index contributed by atoms with van der Waals surface area (Å²) in [5.41, 5.74) is 2.21. The first-order valence-corrected chi connectivity index (χ1v) is 10.7. The molecular weight excluding hydrogens is 399 g/mol. The lowest BCUT2D eigenvalue weighted by Gasteiger charge is -2.33. The standard InChI is InChI=1S/C23H29FN4O3/c24-21-14-19(6-7-22(21)28-9-11-30-12-10-28)26-23(29)25-15-20-17-27(8-13-31-20)16-18-4-2-1-3-5-18/h1-7,14,20H,8-13,15-17H2,(H2,25,26,29). The molecule has 0 aromatic heterocycles. The fourth-order valence-electron chi connectivity index (χ4n) is 3.92. The number of hydrogen-bond donors (Lipinski definition) is 2. The topological polar surface area (TPSA) is 66.1 Å². The summed E-state index contributed by atoms with van der Waals surface area (Å²) in [4.78, 5) is 16.6. The predicted octanol–water partition coefficient (Wildman–Crippen LogP) is 2.68. The number of morpholine rings is 2. The van der Waals surface area contributed by atoms with Crippen molar-refractivity contribution in [2.75, 3.05) is 62.8 Å². The minimum atomic E-state index is -0.373. The Labute approximate surface area is 182 Å². The van der Waals surface area contributed by atoms with Gasteiger partial charge < -0.3 is 25.0 Å². The van der Waals surface area contributed by atoms with Crippen LogP contribution in [0.4, 0.5) is 20.6 Å². The molecule has 2 aliphatic rings. The number of hydrogen-bond acceptors (Lipinski definition) is 5. The Morgan fingerprint density at radius 3 is 2.65 bits per heavy atom. The Balaban J connectivity index is 1.24. The van der Waals surface area contributed by atoms with Crippen LogP contribution >= 0.6 is 0 Å². The third-order valence-electron chi connectivity index (χ3n) is 5.52. The number of rotatable bonds is 6. The van der Waals surface area contributed by atoms with Crippen LogP contribution in [0, 0.1) is 5.82 Å². The van der Waals surface area contributed by atoms with Gasteiger partial charge in [0, 0.05) is 45.0 Å². The minimum absolute atomic E-state index is 0.0800. The molecule has 8 heteroatoms. The zero-order valence-corrected chi connectivity index (χ0v) is 17.6. The number of nitrogens with one attached hydrogen (secondary N) is 2. The van der Waals surface area contributed by atoms with E-state index < -0.39 is 0 Å². The average molecular weight is 429 g/mol. The summed E-state index contributed by atoms with van der Waals surface area (Å²) < 4.78 is 25.6. The van der Waals surface area contributed by atoms with E-state index >= 15 is 0 Å². The number of amides is 2. The lowest BCUT2D eigenvalue weighted by molar-refractivity contribution is -0.0285. The molecule has 31 heavy (non-hydrogen) atoms. The monoisotopic (exact) mass is 428 g/mol. The van der Waals surface area contributed by atoms with Crippen molar-refractivity contribution in [3.63, 3.8) is 0 Å². The third-order valence-corrected chi connectivity index (χ3v) is 5.52. The number of ether oxygens (including phenoxy) is 2. The number of benzene rings is 2. The van der Waals surface area contributed by atoms with Gasteiger partial charge in [0.2, 0.25) is 0 Å². The van der Waals surface area contributed by atoms with Crippen molar-refractivity contribution in [3.05, 3.63) is 59.9 Å². The first-order valence-electron chi connectivity index (χ1n) is 10.7. The Bertz CT molecular complexity index is 861. The molecule has 0 saturated carbocycles. The highest BCUT2D eigenvalue weighted by molar-refractivity contribution is 5.89. The zero-order chi connectivity index (χ0) is 21.5. The molecule has 1 unspecified atom stereocenters. The van der Waals surface area contributed by atoms with Crippen LogP contribution < -0.4 is 15.5 Å². The Hall–Kier alpha value is -2.68. The van der Waals surface area contributed by atoms with Gasteiger partial charge >= 0.3 is 6.03 Å². The maximum atomic E-state index is 14.5. The summed E-state index contributed by atoms with van der Waals surface area (Å²) in [6, 6.07) is 14.7. The maximum Gasteiger partial charge on any atom is 0.319 e. The molecule has 0 aliphatic carbocycles. The highest BCUT2D eigenvalue weighted by Crippen LogP contribution is 2.23. The largest absolute Gasteiger partial charge is 0.378 e. The van der Waals surface area contributed by atoms with Crippen LogP contribution in [-0.2, 0) is 16.0 Å². The molecule has 0 spiro atoms. The van der Waals surface area contributed by atoms with Crippen LogP contribution in [0.25, 0.3) is 0 Å². The van der Waals surface area contributed by atoms with Crippen molar-refractivity contribution < 1.29 is 18.7 Å². The van der Waals surface area contributed by atoms with E-state index in [0.29, 0.717) is 50.8 Å². The van der Waals surface area contributed by atoms with Gasteiger partial charge in [-0.3, -0.25) is 4.90 Å². The van der Waals surface area contributed by atoms with Crippen LogP contribution in [0.3, 0.4) is 0 Å². The molecule has 2 aliphatic heterocycles. The van der Waals surface area contributed by atoms with Crippen molar-refractivity contribution in [1.29, 1.82) is 0 Å². The first kappa shape index (κ1) is 21.5. The fourth-order valence-corrected chi connectivity index (χ4v) is 3.92. The van der Waals surface area contributed by atoms with E-state index in [1.807, 2.05) is 23.1 Å². The predicted molar refractivity (Wildman–Crippen MR) is 118 cm³/mol. The number of halogens is 1. The van der Waals surface area contributed by atoms with E-state index in [-0.39, 0.29) is 18.0 Å². The van der Waals surface area contributed by atoms with Gasteiger partial charge in [-0.1, -0.05) is 30.3 Å². The van der Waals surface area contributed by atoms with E-state index in [9.17, 15) is 9.18 Å². The van der Waals surface area contributed by atoms with Crippen LogP contribution in [0.2, 0.25) is 0 Å². The normalized spacial score (nSPS) is 19.8. The van der Waals surface area contributed by atoms with Crippen LogP contribution in [0.1, 0.15) is 5.56 Å². The molecule has 2 amide bonds. The summed E-state index contributed by atoms with van der Waals surface area (Å²) >= 11 is 0. The van der Waals surface area contributed by atoms with Crippen molar-refractivity contribution >= 4 is 17.4 Å². The third kappa shape index (κ3) is 6.16. The molecule has 2 fully saturated rings. The molecule has 2 saturated heterocycles. The smallest absolute Gasteiger partial charge is 0.319 e. The van der Waals surface area contributed by atoms with E-state index in [1.54, 1.807) is 12.1 Å². The van der Waals surface area contributed by atoms with Gasteiger partial charge in [0.05, 0.1) is 31.6 Å². The summed E-state index contributed by atoms with van der Waals surface area (Å²) in [5.74, 6) is -0.355. The van der Waals surface area contributed by atoms with Crippen molar-refractivity contribution in [2.24, 2.45) is 0 Å². The molecule has 0 bridgehead atoms. The lowest BCUT2D eigenvalue weighted by atomic mass is 10.2. The average Bonchev–Trinajstić information content (AvgIpc) is 2.79. The number of urea groups is 1. The first-order chi connectivity index (χ1) is 15.2. The molecule has 1 atom stereocenters. The van der Waals surface area contributed by atoms with Crippen molar-refractivity contribution in [1.82, 2.24) is 10.2 Å².